The number of halogens is 1. The minimum absolute atomic E-state index is 0.0981. The van der Waals surface area contributed by atoms with Gasteiger partial charge in [0.05, 0.1) is 7.11 Å². The van der Waals surface area contributed by atoms with Crippen LogP contribution in [0.25, 0.3) is 0 Å². The van der Waals surface area contributed by atoms with Crippen molar-refractivity contribution in [3.05, 3.63) is 53.1 Å². The van der Waals surface area contributed by atoms with Crippen molar-refractivity contribution >= 4 is 11.9 Å². The van der Waals surface area contributed by atoms with Gasteiger partial charge in [0.25, 0.3) is 5.91 Å². The lowest BCUT2D eigenvalue weighted by Gasteiger charge is -2.26. The molecule has 1 aromatic carbocycles. The van der Waals surface area contributed by atoms with E-state index in [0.29, 0.717) is 0 Å². The van der Waals surface area contributed by atoms with E-state index < -0.39 is 29.8 Å². The molecule has 0 fully saturated rings. The molecule has 0 saturated carbocycles. The van der Waals surface area contributed by atoms with Gasteiger partial charge in [0.15, 0.2) is 17.2 Å². The second-order valence-electron chi connectivity index (χ2n) is 7.84. The maximum absolute atomic E-state index is 13.4. The SMILES string of the molecule is COc1ccnc(C(=O)N[C@H](C(=O)O[C@@H](C)[C@@H](C)c2ccc(F)cc2C)C(C)C)c1O. The molecule has 31 heavy (non-hydrogen) atoms. The molecule has 3 atom stereocenters. The number of aromatic hydroxyl groups is 1. The average molecular weight is 432 g/mol. The molecule has 0 aliphatic heterocycles. The molecule has 0 unspecified atom stereocenters. The van der Waals surface area contributed by atoms with Crippen molar-refractivity contribution in [1.82, 2.24) is 10.3 Å². The van der Waals surface area contributed by atoms with Crippen molar-refractivity contribution in [1.29, 1.82) is 0 Å². The molecular weight excluding hydrogens is 403 g/mol. The Labute approximate surface area is 181 Å². The van der Waals surface area contributed by atoms with Crippen molar-refractivity contribution < 1.29 is 28.6 Å². The highest BCUT2D eigenvalue weighted by atomic mass is 19.1. The largest absolute Gasteiger partial charge is 0.503 e. The van der Waals surface area contributed by atoms with Gasteiger partial charge in [0, 0.05) is 18.2 Å². The molecule has 1 aromatic heterocycles. The van der Waals surface area contributed by atoms with Gasteiger partial charge in [-0.25, -0.2) is 14.2 Å². The Morgan fingerprint density at radius 1 is 1.16 bits per heavy atom. The monoisotopic (exact) mass is 432 g/mol. The number of hydrogen-bond acceptors (Lipinski definition) is 6. The molecule has 0 bridgehead atoms. The highest BCUT2D eigenvalue weighted by Gasteiger charge is 2.31. The van der Waals surface area contributed by atoms with Gasteiger partial charge in [-0.15, -0.1) is 0 Å². The first-order valence-corrected chi connectivity index (χ1v) is 10.1. The topological polar surface area (TPSA) is 97.8 Å². The van der Waals surface area contributed by atoms with Crippen LogP contribution < -0.4 is 10.1 Å². The molecule has 1 amide bonds. The second kappa shape index (κ2) is 10.2. The maximum Gasteiger partial charge on any atom is 0.329 e. The van der Waals surface area contributed by atoms with Crippen molar-refractivity contribution in [2.24, 2.45) is 5.92 Å². The maximum atomic E-state index is 13.4. The predicted octanol–water partition coefficient (Wildman–Crippen LogP) is 3.73. The molecular formula is C23H29FN2O5. The average Bonchev–Trinajstić information content (AvgIpc) is 2.71. The molecule has 0 aliphatic rings. The van der Waals surface area contributed by atoms with Gasteiger partial charge in [0.2, 0.25) is 0 Å². The van der Waals surface area contributed by atoms with Crippen LogP contribution in [0, 0.1) is 18.7 Å². The number of nitrogens with zero attached hydrogens (tertiary/aromatic N) is 1. The molecule has 7 nitrogen and oxygen atoms in total. The van der Waals surface area contributed by atoms with Crippen LogP contribution in [-0.4, -0.2) is 41.2 Å². The van der Waals surface area contributed by atoms with Crippen molar-refractivity contribution in [2.75, 3.05) is 7.11 Å². The first-order chi connectivity index (χ1) is 14.6. The Morgan fingerprint density at radius 2 is 1.84 bits per heavy atom. The first-order valence-electron chi connectivity index (χ1n) is 10.1. The fourth-order valence-corrected chi connectivity index (χ4v) is 3.24. The van der Waals surface area contributed by atoms with Gasteiger partial charge < -0.3 is 19.9 Å². The van der Waals surface area contributed by atoms with E-state index >= 15 is 0 Å². The number of carbonyl (C=O) groups excluding carboxylic acids is 2. The highest BCUT2D eigenvalue weighted by molar-refractivity contribution is 5.98. The highest BCUT2D eigenvalue weighted by Crippen LogP contribution is 2.28. The summed E-state index contributed by atoms with van der Waals surface area (Å²) in [5.74, 6) is -2.42. The summed E-state index contributed by atoms with van der Waals surface area (Å²) in [5, 5.41) is 12.7. The summed E-state index contributed by atoms with van der Waals surface area (Å²) in [5.41, 5.74) is 1.39. The number of methoxy groups -OCH3 is 1. The van der Waals surface area contributed by atoms with Gasteiger partial charge in [-0.3, -0.25) is 4.79 Å². The lowest BCUT2D eigenvalue weighted by Crippen LogP contribution is -2.46. The summed E-state index contributed by atoms with van der Waals surface area (Å²) in [6.07, 6.45) is 0.809. The van der Waals surface area contributed by atoms with Crippen LogP contribution in [0.5, 0.6) is 11.5 Å². The van der Waals surface area contributed by atoms with Crippen LogP contribution >= 0.6 is 0 Å². The van der Waals surface area contributed by atoms with E-state index in [9.17, 15) is 19.1 Å². The van der Waals surface area contributed by atoms with Crippen molar-refractivity contribution in [2.45, 2.75) is 52.7 Å². The molecule has 168 valence electrons. The van der Waals surface area contributed by atoms with Crippen LogP contribution in [0.3, 0.4) is 0 Å². The molecule has 2 aromatic rings. The normalized spacial score (nSPS) is 13.9. The molecule has 0 spiro atoms. The molecule has 0 aliphatic carbocycles. The fourth-order valence-electron chi connectivity index (χ4n) is 3.24. The van der Waals surface area contributed by atoms with Crippen LogP contribution in [-0.2, 0) is 9.53 Å². The van der Waals surface area contributed by atoms with Gasteiger partial charge in [-0.2, -0.15) is 0 Å². The van der Waals surface area contributed by atoms with E-state index in [1.807, 2.05) is 6.92 Å². The smallest absolute Gasteiger partial charge is 0.329 e. The fraction of sp³-hybridized carbons (Fsp3) is 0.435. The third-order valence-corrected chi connectivity index (χ3v) is 5.26. The lowest BCUT2D eigenvalue weighted by atomic mass is 9.92. The second-order valence-corrected chi connectivity index (χ2v) is 7.84. The van der Waals surface area contributed by atoms with Crippen LogP contribution in [0.2, 0.25) is 0 Å². The van der Waals surface area contributed by atoms with E-state index in [1.54, 1.807) is 33.8 Å². The van der Waals surface area contributed by atoms with Gasteiger partial charge in [-0.05, 0) is 43.0 Å². The van der Waals surface area contributed by atoms with Crippen molar-refractivity contribution in [3.8, 4) is 11.5 Å². The van der Waals surface area contributed by atoms with Gasteiger partial charge >= 0.3 is 5.97 Å². The summed E-state index contributed by atoms with van der Waals surface area (Å²) >= 11 is 0. The Morgan fingerprint density at radius 3 is 2.42 bits per heavy atom. The van der Waals surface area contributed by atoms with Crippen LogP contribution in [0.15, 0.2) is 30.5 Å². The zero-order valence-electron chi connectivity index (χ0n) is 18.6. The first kappa shape index (κ1) is 24.1. The quantitative estimate of drug-likeness (QED) is 0.617. The minimum Gasteiger partial charge on any atom is -0.503 e. The lowest BCUT2D eigenvalue weighted by molar-refractivity contribution is -0.152. The molecule has 2 rings (SSSR count). The molecule has 8 heteroatoms. The number of carbonyl (C=O) groups is 2. The standard InChI is InChI=1S/C23H29FN2O5/c1-12(2)19(26-22(28)20-21(27)18(30-6)9-10-25-20)23(29)31-15(5)14(4)17-8-7-16(24)11-13(17)3/h7-12,14-15,19,27H,1-6H3,(H,26,28)/t14-,15+,19+/m1/s1. The summed E-state index contributed by atoms with van der Waals surface area (Å²) in [7, 11) is 1.36. The van der Waals surface area contributed by atoms with E-state index in [4.69, 9.17) is 9.47 Å². The van der Waals surface area contributed by atoms with Crippen LogP contribution in [0.4, 0.5) is 4.39 Å². The summed E-state index contributed by atoms with van der Waals surface area (Å²) in [6.45, 7) is 8.97. The molecule has 1 heterocycles. The van der Waals surface area contributed by atoms with Gasteiger partial charge in [0.1, 0.15) is 18.0 Å². The third kappa shape index (κ3) is 5.71. The van der Waals surface area contributed by atoms with E-state index in [1.165, 1.54) is 31.5 Å². The number of benzene rings is 1. The predicted molar refractivity (Wildman–Crippen MR) is 114 cm³/mol. The zero-order chi connectivity index (χ0) is 23.3. The summed E-state index contributed by atoms with van der Waals surface area (Å²) in [6, 6.07) is 4.95. The number of nitrogens with one attached hydrogen (secondary N) is 1. The van der Waals surface area contributed by atoms with Gasteiger partial charge in [-0.1, -0.05) is 26.8 Å². The third-order valence-electron chi connectivity index (χ3n) is 5.26. The van der Waals surface area contributed by atoms with Crippen molar-refractivity contribution in [3.63, 3.8) is 0 Å². The number of aryl methyl sites for hydroxylation is 1. The van der Waals surface area contributed by atoms with E-state index in [-0.39, 0.29) is 29.1 Å². The molecule has 2 N–H and O–H groups in total. The number of esters is 1. The Kier molecular flexibility index (Phi) is 7.96. The minimum atomic E-state index is -0.955. The number of amides is 1. The Balaban J connectivity index is 2.14. The number of pyridine rings is 1. The number of aromatic nitrogens is 1. The Bertz CT molecular complexity index is 948. The molecule has 0 saturated heterocycles. The zero-order valence-corrected chi connectivity index (χ0v) is 18.6. The van der Waals surface area contributed by atoms with Crippen LogP contribution in [0.1, 0.15) is 55.2 Å². The summed E-state index contributed by atoms with van der Waals surface area (Å²) in [4.78, 5) is 29.4. The van der Waals surface area contributed by atoms with E-state index in [2.05, 4.69) is 10.3 Å². The summed E-state index contributed by atoms with van der Waals surface area (Å²) < 4.78 is 24.0. The van der Waals surface area contributed by atoms with E-state index in [0.717, 1.165) is 11.1 Å². The number of rotatable bonds is 8. The molecule has 0 radical (unpaired) electrons. The Hall–Kier alpha value is -3.16. The number of ether oxygens (including phenoxy) is 2. The number of hydrogen-bond donors (Lipinski definition) is 2.